The lowest BCUT2D eigenvalue weighted by atomic mass is 10.1. The molecule has 0 spiro atoms. The minimum Gasteiger partial charge on any atom is -0.352 e. The van der Waals surface area contributed by atoms with Crippen molar-refractivity contribution >= 4 is 21.6 Å². The van der Waals surface area contributed by atoms with Gasteiger partial charge in [-0.05, 0) is 49.8 Å². The molecule has 0 atom stereocenters. The molecule has 1 heterocycles. The van der Waals surface area contributed by atoms with Gasteiger partial charge >= 0.3 is 0 Å². The van der Waals surface area contributed by atoms with Crippen LogP contribution in [0.2, 0.25) is 0 Å². The second-order valence-corrected chi connectivity index (χ2v) is 8.55. The largest absolute Gasteiger partial charge is 0.352 e. The van der Waals surface area contributed by atoms with Crippen LogP contribution in [0.3, 0.4) is 0 Å². The number of rotatable bonds is 5. The summed E-state index contributed by atoms with van der Waals surface area (Å²) in [6, 6.07) is 5.26. The van der Waals surface area contributed by atoms with E-state index in [1.54, 1.807) is 12.1 Å². The zero-order valence-corrected chi connectivity index (χ0v) is 14.9. The molecule has 1 fully saturated rings. The summed E-state index contributed by atoms with van der Waals surface area (Å²) in [7, 11) is -3.27. The molecule has 6 heteroatoms. The highest BCUT2D eigenvalue weighted by Gasteiger charge is 2.27. The van der Waals surface area contributed by atoms with Crippen molar-refractivity contribution in [3.8, 4) is 0 Å². The summed E-state index contributed by atoms with van der Waals surface area (Å²) in [4.78, 5) is 12.3. The van der Waals surface area contributed by atoms with Crippen LogP contribution in [-0.2, 0) is 10.0 Å². The van der Waals surface area contributed by atoms with Crippen LogP contribution in [0.4, 0.5) is 5.69 Å². The molecule has 1 N–H and O–H groups in total. The van der Waals surface area contributed by atoms with Gasteiger partial charge in [-0.2, -0.15) is 0 Å². The second kappa shape index (κ2) is 7.34. The third-order valence-electron chi connectivity index (χ3n) is 4.10. The Labute approximate surface area is 139 Å². The van der Waals surface area contributed by atoms with Gasteiger partial charge in [0, 0.05) is 18.7 Å². The molecular weight excluding hydrogens is 312 g/mol. The van der Waals surface area contributed by atoms with E-state index >= 15 is 0 Å². The first kappa shape index (κ1) is 17.8. The Bertz CT molecular complexity index is 668. The van der Waals surface area contributed by atoms with Crippen molar-refractivity contribution in [1.82, 2.24) is 5.32 Å². The minimum atomic E-state index is -3.27. The lowest BCUT2D eigenvalue weighted by Gasteiger charge is -2.29. The highest BCUT2D eigenvalue weighted by atomic mass is 32.2. The molecule has 1 aliphatic heterocycles. The molecule has 0 radical (unpaired) electrons. The highest BCUT2D eigenvalue weighted by Crippen LogP contribution is 2.27. The van der Waals surface area contributed by atoms with E-state index in [0.29, 0.717) is 36.7 Å². The fourth-order valence-electron chi connectivity index (χ4n) is 2.66. The number of hydrogen-bond acceptors (Lipinski definition) is 3. The number of benzene rings is 1. The van der Waals surface area contributed by atoms with Crippen LogP contribution in [0.5, 0.6) is 0 Å². The summed E-state index contributed by atoms with van der Waals surface area (Å²) in [5.41, 5.74) is 2.01. The van der Waals surface area contributed by atoms with Crippen LogP contribution < -0.4 is 9.62 Å². The van der Waals surface area contributed by atoms with Crippen LogP contribution in [-0.4, -0.2) is 33.2 Å². The van der Waals surface area contributed by atoms with Gasteiger partial charge in [-0.1, -0.05) is 19.9 Å². The van der Waals surface area contributed by atoms with Crippen molar-refractivity contribution in [2.45, 2.75) is 40.0 Å². The average Bonchev–Trinajstić information content (AvgIpc) is 2.47. The van der Waals surface area contributed by atoms with Crippen molar-refractivity contribution in [3.05, 3.63) is 29.3 Å². The first-order chi connectivity index (χ1) is 10.8. The van der Waals surface area contributed by atoms with Crippen molar-refractivity contribution in [2.24, 2.45) is 5.92 Å². The molecule has 0 unspecified atom stereocenters. The van der Waals surface area contributed by atoms with Crippen LogP contribution in [0.25, 0.3) is 0 Å². The summed E-state index contributed by atoms with van der Waals surface area (Å²) < 4.78 is 26.0. The van der Waals surface area contributed by atoms with Gasteiger partial charge in [0.25, 0.3) is 5.91 Å². The number of aryl methyl sites for hydroxylation is 1. The van der Waals surface area contributed by atoms with Crippen LogP contribution in [0.1, 0.15) is 49.0 Å². The van der Waals surface area contributed by atoms with E-state index in [4.69, 9.17) is 0 Å². The molecule has 128 valence electrons. The van der Waals surface area contributed by atoms with Crippen molar-refractivity contribution in [2.75, 3.05) is 23.1 Å². The second-order valence-electron chi connectivity index (χ2n) is 6.53. The Balaban J connectivity index is 2.20. The SMILES string of the molecule is Cc1ccc(C(=O)NCCC(C)C)cc1N1CCCCS1(=O)=O. The van der Waals surface area contributed by atoms with Crippen LogP contribution >= 0.6 is 0 Å². The minimum absolute atomic E-state index is 0.152. The highest BCUT2D eigenvalue weighted by molar-refractivity contribution is 7.92. The molecule has 1 aliphatic rings. The van der Waals surface area contributed by atoms with Gasteiger partial charge < -0.3 is 5.32 Å². The van der Waals surface area contributed by atoms with Gasteiger partial charge in [0.05, 0.1) is 11.4 Å². The molecule has 0 aromatic heterocycles. The first-order valence-electron chi connectivity index (χ1n) is 8.20. The summed E-state index contributed by atoms with van der Waals surface area (Å²) in [5.74, 6) is 0.556. The monoisotopic (exact) mass is 338 g/mol. The quantitative estimate of drug-likeness (QED) is 0.897. The van der Waals surface area contributed by atoms with E-state index in [9.17, 15) is 13.2 Å². The maximum Gasteiger partial charge on any atom is 0.251 e. The summed E-state index contributed by atoms with van der Waals surface area (Å²) >= 11 is 0. The lowest BCUT2D eigenvalue weighted by Crippen LogP contribution is -2.38. The number of anilines is 1. The number of hydrogen-bond donors (Lipinski definition) is 1. The molecule has 0 aliphatic carbocycles. The van der Waals surface area contributed by atoms with Gasteiger partial charge in [0.15, 0.2) is 0 Å². The number of sulfonamides is 1. The molecule has 23 heavy (non-hydrogen) atoms. The van der Waals surface area contributed by atoms with Crippen molar-refractivity contribution in [1.29, 1.82) is 0 Å². The average molecular weight is 338 g/mol. The molecule has 0 saturated carbocycles. The van der Waals surface area contributed by atoms with Gasteiger partial charge in [0.2, 0.25) is 10.0 Å². The van der Waals surface area contributed by atoms with Gasteiger partial charge in [-0.15, -0.1) is 0 Å². The number of carbonyl (C=O) groups excluding carboxylic acids is 1. The summed E-state index contributed by atoms with van der Waals surface area (Å²) in [6.07, 6.45) is 2.47. The Morgan fingerprint density at radius 3 is 2.70 bits per heavy atom. The summed E-state index contributed by atoms with van der Waals surface area (Å²) in [6.45, 7) is 7.21. The Morgan fingerprint density at radius 2 is 2.04 bits per heavy atom. The van der Waals surface area contributed by atoms with Gasteiger partial charge in [-0.3, -0.25) is 9.10 Å². The van der Waals surface area contributed by atoms with Crippen LogP contribution in [0, 0.1) is 12.8 Å². The zero-order chi connectivity index (χ0) is 17.0. The van der Waals surface area contributed by atoms with E-state index in [0.717, 1.165) is 18.4 Å². The van der Waals surface area contributed by atoms with E-state index in [1.165, 1.54) is 4.31 Å². The normalized spacial score (nSPS) is 17.3. The lowest BCUT2D eigenvalue weighted by molar-refractivity contribution is 0.0952. The van der Waals surface area contributed by atoms with E-state index in [-0.39, 0.29) is 11.7 Å². The summed E-state index contributed by atoms with van der Waals surface area (Å²) in [5, 5.41) is 2.89. The van der Waals surface area contributed by atoms with E-state index < -0.39 is 10.0 Å². The number of nitrogens with zero attached hydrogens (tertiary/aromatic N) is 1. The molecule has 5 nitrogen and oxygen atoms in total. The third-order valence-corrected chi connectivity index (χ3v) is 5.95. The van der Waals surface area contributed by atoms with Gasteiger partial charge in [0.1, 0.15) is 0 Å². The zero-order valence-electron chi connectivity index (χ0n) is 14.1. The molecule has 1 saturated heterocycles. The number of amides is 1. The van der Waals surface area contributed by atoms with E-state index in [1.807, 2.05) is 13.0 Å². The number of nitrogens with one attached hydrogen (secondary N) is 1. The van der Waals surface area contributed by atoms with Gasteiger partial charge in [-0.25, -0.2) is 8.42 Å². The third kappa shape index (κ3) is 4.47. The first-order valence-corrected chi connectivity index (χ1v) is 9.81. The molecule has 1 aromatic carbocycles. The Kier molecular flexibility index (Phi) is 5.68. The predicted molar refractivity (Wildman–Crippen MR) is 93.3 cm³/mol. The van der Waals surface area contributed by atoms with Crippen molar-refractivity contribution < 1.29 is 13.2 Å². The maximum atomic E-state index is 12.3. The van der Waals surface area contributed by atoms with Crippen LogP contribution in [0.15, 0.2) is 18.2 Å². The topological polar surface area (TPSA) is 66.5 Å². The standard InChI is InChI=1S/C17H26N2O3S/c1-13(2)8-9-18-17(20)15-7-6-14(3)16(12-15)19-10-4-5-11-23(19,21)22/h6-7,12-13H,4-5,8-11H2,1-3H3,(H,18,20). The maximum absolute atomic E-state index is 12.3. The molecule has 2 rings (SSSR count). The smallest absolute Gasteiger partial charge is 0.251 e. The Hall–Kier alpha value is -1.56. The molecule has 0 bridgehead atoms. The predicted octanol–water partition coefficient (Wildman–Crippen LogP) is 2.70. The molecule has 1 amide bonds. The molecule has 1 aromatic rings. The molecular formula is C17H26N2O3S. The fraction of sp³-hybridized carbons (Fsp3) is 0.588. The number of carbonyl (C=O) groups is 1. The van der Waals surface area contributed by atoms with E-state index in [2.05, 4.69) is 19.2 Å². The Morgan fingerprint density at radius 1 is 1.30 bits per heavy atom. The fourth-order valence-corrected chi connectivity index (χ4v) is 4.35. The van der Waals surface area contributed by atoms with Crippen molar-refractivity contribution in [3.63, 3.8) is 0 Å².